The molecule has 0 atom stereocenters. The van der Waals surface area contributed by atoms with Gasteiger partial charge in [-0.2, -0.15) is 0 Å². The Morgan fingerprint density at radius 3 is 2.58 bits per heavy atom. The lowest BCUT2D eigenvalue weighted by molar-refractivity contribution is -0.141. The minimum atomic E-state index is -0.933. The van der Waals surface area contributed by atoms with E-state index in [1.165, 1.54) is 0 Å². The van der Waals surface area contributed by atoms with E-state index in [2.05, 4.69) is 11.1 Å². The van der Waals surface area contributed by atoms with Crippen molar-refractivity contribution in [2.75, 3.05) is 0 Å². The molecule has 2 aromatic rings. The van der Waals surface area contributed by atoms with Gasteiger partial charge in [0.1, 0.15) is 0 Å². The summed E-state index contributed by atoms with van der Waals surface area (Å²) in [7, 11) is 0. The minimum absolute atomic E-state index is 0.0636. The lowest BCUT2D eigenvalue weighted by atomic mass is 10.0. The van der Waals surface area contributed by atoms with Gasteiger partial charge in [0.15, 0.2) is 0 Å². The first-order valence-electron chi connectivity index (χ1n) is 8.14. The molecule has 1 heterocycles. The monoisotopic (exact) mass is 324 g/mol. The Labute approximate surface area is 140 Å². The Morgan fingerprint density at radius 1 is 1.12 bits per heavy atom. The molecule has 124 valence electrons. The van der Waals surface area contributed by atoms with Crippen LogP contribution in [0.1, 0.15) is 31.2 Å². The number of rotatable bonds is 7. The highest BCUT2D eigenvalue weighted by Gasteiger charge is 2.32. The van der Waals surface area contributed by atoms with E-state index < -0.39 is 5.97 Å². The van der Waals surface area contributed by atoms with Crippen LogP contribution in [0.5, 0.6) is 0 Å². The SMILES string of the molecule is O=C(O)CCC(=O)N(Cc1cccc(-c2cccnc2)c1)C1CC1. The van der Waals surface area contributed by atoms with Crippen molar-refractivity contribution in [1.82, 2.24) is 9.88 Å². The Hall–Kier alpha value is -2.69. The predicted molar refractivity (Wildman–Crippen MR) is 90.1 cm³/mol. The summed E-state index contributed by atoms with van der Waals surface area (Å²) in [5.41, 5.74) is 3.15. The van der Waals surface area contributed by atoms with Crippen LogP contribution in [0.15, 0.2) is 48.8 Å². The molecule has 1 aromatic heterocycles. The smallest absolute Gasteiger partial charge is 0.303 e. The second-order valence-electron chi connectivity index (χ2n) is 6.09. The highest BCUT2D eigenvalue weighted by atomic mass is 16.4. The van der Waals surface area contributed by atoms with E-state index in [-0.39, 0.29) is 24.8 Å². The van der Waals surface area contributed by atoms with Crippen molar-refractivity contribution in [3.63, 3.8) is 0 Å². The number of amides is 1. The fraction of sp³-hybridized carbons (Fsp3) is 0.316. The first-order chi connectivity index (χ1) is 11.6. The topological polar surface area (TPSA) is 70.5 Å². The molecule has 1 amide bonds. The summed E-state index contributed by atoms with van der Waals surface area (Å²) in [5.74, 6) is -1.01. The van der Waals surface area contributed by atoms with Crippen LogP contribution in [0.3, 0.4) is 0 Å². The molecule has 5 heteroatoms. The number of pyridine rings is 1. The van der Waals surface area contributed by atoms with E-state index in [1.807, 2.05) is 41.4 Å². The zero-order chi connectivity index (χ0) is 16.9. The van der Waals surface area contributed by atoms with Gasteiger partial charge in [-0.1, -0.05) is 24.3 Å². The van der Waals surface area contributed by atoms with Gasteiger partial charge in [0.05, 0.1) is 6.42 Å². The summed E-state index contributed by atoms with van der Waals surface area (Å²) in [6.45, 7) is 0.525. The van der Waals surface area contributed by atoms with Gasteiger partial charge >= 0.3 is 5.97 Å². The van der Waals surface area contributed by atoms with E-state index in [0.717, 1.165) is 29.5 Å². The molecule has 1 aliphatic rings. The largest absolute Gasteiger partial charge is 0.481 e. The molecular formula is C19H20N2O3. The zero-order valence-corrected chi connectivity index (χ0v) is 13.4. The van der Waals surface area contributed by atoms with Gasteiger partial charge in [-0.05, 0) is 41.7 Å². The van der Waals surface area contributed by atoms with Crippen LogP contribution in [-0.2, 0) is 16.1 Å². The van der Waals surface area contributed by atoms with Gasteiger partial charge in [0, 0.05) is 31.4 Å². The molecule has 1 aromatic carbocycles. The first kappa shape index (κ1) is 16.2. The molecule has 1 saturated carbocycles. The minimum Gasteiger partial charge on any atom is -0.481 e. The van der Waals surface area contributed by atoms with Crippen LogP contribution >= 0.6 is 0 Å². The van der Waals surface area contributed by atoms with Crippen molar-refractivity contribution in [3.8, 4) is 11.1 Å². The Bertz CT molecular complexity index is 726. The zero-order valence-electron chi connectivity index (χ0n) is 13.4. The van der Waals surface area contributed by atoms with Gasteiger partial charge in [-0.25, -0.2) is 0 Å². The van der Waals surface area contributed by atoms with Crippen molar-refractivity contribution in [1.29, 1.82) is 0 Å². The maximum absolute atomic E-state index is 12.3. The number of carbonyl (C=O) groups is 2. The first-order valence-corrected chi connectivity index (χ1v) is 8.14. The summed E-state index contributed by atoms with van der Waals surface area (Å²) < 4.78 is 0. The molecule has 1 N–H and O–H groups in total. The van der Waals surface area contributed by atoms with Crippen LogP contribution in [0.2, 0.25) is 0 Å². The quantitative estimate of drug-likeness (QED) is 0.849. The molecule has 0 saturated heterocycles. The second kappa shape index (κ2) is 7.25. The average molecular weight is 324 g/mol. The highest BCUT2D eigenvalue weighted by Crippen LogP contribution is 2.30. The third-order valence-corrected chi connectivity index (χ3v) is 4.14. The van der Waals surface area contributed by atoms with Gasteiger partial charge in [-0.15, -0.1) is 0 Å². The molecule has 0 spiro atoms. The number of benzene rings is 1. The number of carboxylic acids is 1. The van der Waals surface area contributed by atoms with Crippen molar-refractivity contribution in [3.05, 3.63) is 54.4 Å². The summed E-state index contributed by atoms with van der Waals surface area (Å²) in [6, 6.07) is 12.2. The molecule has 1 fully saturated rings. The number of nitrogens with zero attached hydrogens (tertiary/aromatic N) is 2. The second-order valence-corrected chi connectivity index (χ2v) is 6.09. The van der Waals surface area contributed by atoms with E-state index in [1.54, 1.807) is 6.20 Å². The summed E-state index contributed by atoms with van der Waals surface area (Å²) in [4.78, 5) is 29.0. The molecule has 1 aliphatic carbocycles. The van der Waals surface area contributed by atoms with Gasteiger partial charge in [-0.3, -0.25) is 14.6 Å². The van der Waals surface area contributed by atoms with Crippen LogP contribution < -0.4 is 0 Å². The van der Waals surface area contributed by atoms with Crippen molar-refractivity contribution >= 4 is 11.9 Å². The van der Waals surface area contributed by atoms with E-state index in [9.17, 15) is 9.59 Å². The third-order valence-electron chi connectivity index (χ3n) is 4.14. The number of carboxylic acid groups (broad SMARTS) is 1. The lowest BCUT2D eigenvalue weighted by Crippen LogP contribution is -2.32. The van der Waals surface area contributed by atoms with E-state index in [0.29, 0.717) is 6.54 Å². The van der Waals surface area contributed by atoms with E-state index in [4.69, 9.17) is 5.11 Å². The summed E-state index contributed by atoms with van der Waals surface area (Å²) in [6.07, 6.45) is 5.51. The van der Waals surface area contributed by atoms with Crippen LogP contribution in [0.25, 0.3) is 11.1 Å². The molecule has 0 aliphatic heterocycles. The number of hydrogen-bond donors (Lipinski definition) is 1. The number of aliphatic carboxylic acids is 1. The summed E-state index contributed by atoms with van der Waals surface area (Å²) >= 11 is 0. The summed E-state index contributed by atoms with van der Waals surface area (Å²) in [5, 5.41) is 8.77. The molecule has 3 rings (SSSR count). The van der Waals surface area contributed by atoms with Crippen LogP contribution in [-0.4, -0.2) is 32.9 Å². The fourth-order valence-electron chi connectivity index (χ4n) is 2.74. The van der Waals surface area contributed by atoms with E-state index >= 15 is 0 Å². The normalized spacial score (nSPS) is 13.5. The standard InChI is InChI=1S/C19H20N2O3/c22-18(8-9-19(23)24)21(17-6-7-17)13-14-3-1-4-15(11-14)16-5-2-10-20-12-16/h1-5,10-12,17H,6-9,13H2,(H,23,24). The number of hydrogen-bond acceptors (Lipinski definition) is 3. The van der Waals surface area contributed by atoms with Crippen molar-refractivity contribution in [2.45, 2.75) is 38.3 Å². The Kier molecular flexibility index (Phi) is 4.89. The highest BCUT2D eigenvalue weighted by molar-refractivity contribution is 5.81. The van der Waals surface area contributed by atoms with Gasteiger partial charge < -0.3 is 10.0 Å². The molecule has 0 unspecified atom stereocenters. The fourth-order valence-corrected chi connectivity index (χ4v) is 2.74. The maximum atomic E-state index is 12.3. The van der Waals surface area contributed by atoms with Gasteiger partial charge in [0.25, 0.3) is 0 Å². The molecule has 0 bridgehead atoms. The number of carbonyl (C=O) groups excluding carboxylic acids is 1. The lowest BCUT2D eigenvalue weighted by Gasteiger charge is -2.22. The number of aromatic nitrogens is 1. The molecular weight excluding hydrogens is 304 g/mol. The Morgan fingerprint density at radius 2 is 1.92 bits per heavy atom. The van der Waals surface area contributed by atoms with Crippen molar-refractivity contribution < 1.29 is 14.7 Å². The molecule has 0 radical (unpaired) electrons. The van der Waals surface area contributed by atoms with Crippen molar-refractivity contribution in [2.24, 2.45) is 0 Å². The third kappa shape index (κ3) is 4.19. The van der Waals surface area contributed by atoms with Crippen LogP contribution in [0.4, 0.5) is 0 Å². The predicted octanol–water partition coefficient (Wildman–Crippen LogP) is 3.10. The molecule has 24 heavy (non-hydrogen) atoms. The van der Waals surface area contributed by atoms with Crippen LogP contribution in [0, 0.1) is 0 Å². The Balaban J connectivity index is 1.73. The average Bonchev–Trinajstić information content (AvgIpc) is 3.43. The van der Waals surface area contributed by atoms with Gasteiger partial charge in [0.2, 0.25) is 5.91 Å². The molecule has 5 nitrogen and oxygen atoms in total. The maximum Gasteiger partial charge on any atom is 0.303 e.